The predicted molar refractivity (Wildman–Crippen MR) is 439 cm³/mol. The van der Waals surface area contributed by atoms with Gasteiger partial charge in [-0.25, -0.2) is 19.9 Å². The van der Waals surface area contributed by atoms with Crippen LogP contribution < -0.4 is 0 Å². The summed E-state index contributed by atoms with van der Waals surface area (Å²) in [5.41, 5.74) is 20.6. The Morgan fingerprint density at radius 1 is 0.215 bits per heavy atom. The topological polar surface area (TPSA) is 113 Å². The lowest BCUT2D eigenvalue weighted by atomic mass is 9.98. The Bertz CT molecular complexity index is 7200. The molecular formula is C96H58N8O2S. The molecule has 0 bridgehead atoms. The number of furan rings is 2. The second-order valence-electron chi connectivity index (χ2n) is 26.8. The summed E-state index contributed by atoms with van der Waals surface area (Å²) in [4.78, 5) is 30.5. The number of fused-ring (bicyclic) bond motifs is 15. The molecule has 107 heavy (non-hydrogen) atoms. The molecule has 7 heterocycles. The van der Waals surface area contributed by atoms with Crippen molar-refractivity contribution >= 4 is 119 Å². The molecule has 22 aromatic rings. The highest BCUT2D eigenvalue weighted by molar-refractivity contribution is 7.26. The van der Waals surface area contributed by atoms with E-state index in [1.165, 1.54) is 36.5 Å². The van der Waals surface area contributed by atoms with Crippen molar-refractivity contribution in [2.24, 2.45) is 0 Å². The molecule has 0 radical (unpaired) electrons. The van der Waals surface area contributed by atoms with Gasteiger partial charge < -0.3 is 13.4 Å². The average molecular weight is 1390 g/mol. The van der Waals surface area contributed by atoms with E-state index in [1.54, 1.807) is 11.3 Å². The summed E-state index contributed by atoms with van der Waals surface area (Å²) in [6, 6.07) is 123. The number of nitrogens with zero attached hydrogens (tertiary/aromatic N) is 8. The molecule has 0 N–H and O–H groups in total. The van der Waals surface area contributed by atoms with Crippen LogP contribution in [0.3, 0.4) is 0 Å². The summed E-state index contributed by atoms with van der Waals surface area (Å²) in [5, 5.41) is 11.7. The van der Waals surface area contributed by atoms with Crippen LogP contribution in [-0.4, -0.2) is 39.0 Å². The van der Waals surface area contributed by atoms with E-state index in [0.29, 0.717) is 35.1 Å². The summed E-state index contributed by atoms with van der Waals surface area (Å²) < 4.78 is 19.2. The molecule has 0 aliphatic rings. The molecule has 0 amide bonds. The van der Waals surface area contributed by atoms with Crippen molar-refractivity contribution < 1.29 is 8.83 Å². The predicted octanol–water partition coefficient (Wildman–Crippen LogP) is 25.4. The molecule has 0 unspecified atom stereocenters. The van der Waals surface area contributed by atoms with Crippen molar-refractivity contribution in [1.82, 2.24) is 39.0 Å². The molecule has 0 fully saturated rings. The van der Waals surface area contributed by atoms with Crippen LogP contribution in [0.15, 0.2) is 361 Å². The van der Waals surface area contributed by atoms with Crippen LogP contribution >= 0.6 is 11.3 Å². The minimum Gasteiger partial charge on any atom is -0.456 e. The Balaban J connectivity index is 0.000000138. The number of thiophene rings is 1. The maximum Gasteiger partial charge on any atom is 0.238 e. The Morgan fingerprint density at radius 3 is 1.16 bits per heavy atom. The third-order valence-electron chi connectivity index (χ3n) is 20.6. The fraction of sp³-hybridized carbons (Fsp3) is 0. The lowest BCUT2D eigenvalue weighted by Gasteiger charge is -2.13. The fourth-order valence-corrected chi connectivity index (χ4v) is 16.7. The molecule has 10 nitrogen and oxygen atoms in total. The van der Waals surface area contributed by atoms with Gasteiger partial charge in [0.25, 0.3) is 0 Å². The van der Waals surface area contributed by atoms with Gasteiger partial charge in [-0.3, -0.25) is 4.57 Å². The molecule has 0 spiro atoms. The molecule has 11 heteroatoms. The Morgan fingerprint density at radius 2 is 0.589 bits per heavy atom. The van der Waals surface area contributed by atoms with E-state index >= 15 is 0 Å². The average Bonchev–Trinajstić information content (AvgIpc) is 1.63. The number of para-hydroxylation sites is 4. The largest absolute Gasteiger partial charge is 0.456 e. The number of hydrogen-bond donors (Lipinski definition) is 0. The summed E-state index contributed by atoms with van der Waals surface area (Å²) in [6.45, 7) is 0. The number of aromatic nitrogens is 8. The van der Waals surface area contributed by atoms with Gasteiger partial charge in [-0.1, -0.05) is 255 Å². The van der Waals surface area contributed by atoms with Crippen LogP contribution in [0.4, 0.5) is 0 Å². The summed E-state index contributed by atoms with van der Waals surface area (Å²) in [5.74, 6) is 3.79. The van der Waals surface area contributed by atoms with Crippen LogP contribution in [0, 0.1) is 0 Å². The molecule has 0 saturated heterocycles. The molecular weight excluding hydrogens is 1330 g/mol. The lowest BCUT2D eigenvalue weighted by Crippen LogP contribution is -2.06. The normalized spacial score (nSPS) is 11.7. The van der Waals surface area contributed by atoms with Crippen LogP contribution in [0.25, 0.3) is 210 Å². The third kappa shape index (κ3) is 10.6. The van der Waals surface area contributed by atoms with E-state index in [1.807, 2.05) is 109 Å². The first-order chi connectivity index (χ1) is 53.0. The Labute approximate surface area is 616 Å². The van der Waals surface area contributed by atoms with Gasteiger partial charge in [-0.15, -0.1) is 11.3 Å². The maximum absolute atomic E-state index is 6.12. The minimum absolute atomic E-state index is 0.585. The van der Waals surface area contributed by atoms with Gasteiger partial charge in [-0.05, 0) is 130 Å². The highest BCUT2D eigenvalue weighted by atomic mass is 32.1. The monoisotopic (exact) mass is 1390 g/mol. The fourth-order valence-electron chi connectivity index (χ4n) is 15.5. The molecule has 22 rings (SSSR count). The zero-order valence-electron chi connectivity index (χ0n) is 57.3. The molecule has 0 atom stereocenters. The third-order valence-corrected chi connectivity index (χ3v) is 21.8. The Kier molecular flexibility index (Phi) is 14.5. The van der Waals surface area contributed by atoms with E-state index in [0.717, 1.165) is 138 Å². The van der Waals surface area contributed by atoms with E-state index in [9.17, 15) is 0 Å². The maximum atomic E-state index is 6.12. The van der Waals surface area contributed by atoms with Crippen LogP contribution in [0.1, 0.15) is 0 Å². The van der Waals surface area contributed by atoms with E-state index in [-0.39, 0.29) is 0 Å². The summed E-state index contributed by atoms with van der Waals surface area (Å²) in [7, 11) is 0. The van der Waals surface area contributed by atoms with Gasteiger partial charge in [0.1, 0.15) is 22.3 Å². The van der Waals surface area contributed by atoms with Crippen LogP contribution in [0.2, 0.25) is 0 Å². The van der Waals surface area contributed by atoms with Gasteiger partial charge >= 0.3 is 0 Å². The lowest BCUT2D eigenvalue weighted by molar-refractivity contribution is 0.668. The molecule has 0 aliphatic carbocycles. The van der Waals surface area contributed by atoms with Crippen molar-refractivity contribution in [3.63, 3.8) is 0 Å². The SMILES string of the molecule is c1ccc(-c2nc(-c3cccc4c3sc3ccccc34)nc(-n3c4ccccc4c4cc(-c5ccc6oc7ccccc7c6c5)ccc43)n2)cc1.c1ccc(-c2nc(-c3ccccc3)nc(-c3ccccc3-c3ccc(-n4c5ccccc5c5cc(-c6ccc7oc8ccccc8c7c6)ccc54)cc3)n2)cc1. The molecule has 0 saturated carbocycles. The molecule has 500 valence electrons. The zero-order chi connectivity index (χ0) is 70.5. The first kappa shape index (κ1) is 61.4. The highest BCUT2D eigenvalue weighted by Gasteiger charge is 2.23. The second kappa shape index (κ2) is 25.3. The molecule has 15 aromatic carbocycles. The van der Waals surface area contributed by atoms with Crippen molar-refractivity contribution in [3.05, 3.63) is 352 Å². The van der Waals surface area contributed by atoms with Gasteiger partial charge in [0.05, 0.1) is 22.1 Å². The van der Waals surface area contributed by atoms with Crippen molar-refractivity contribution in [1.29, 1.82) is 0 Å². The van der Waals surface area contributed by atoms with Crippen molar-refractivity contribution in [2.75, 3.05) is 0 Å². The number of benzene rings is 15. The quantitative estimate of drug-likeness (QED) is 0.133. The zero-order valence-corrected chi connectivity index (χ0v) is 58.1. The van der Waals surface area contributed by atoms with Crippen LogP contribution in [-0.2, 0) is 0 Å². The summed E-state index contributed by atoms with van der Waals surface area (Å²) >= 11 is 1.78. The van der Waals surface area contributed by atoms with Crippen LogP contribution in [0.5, 0.6) is 0 Å². The standard InChI is InChI=1S/C51H32N4O.C45H26N4OS/c1-3-13-34(14-4-1)49-52-50(35-15-5-2-6-16-35)54-51(53-49)42-20-8-7-17-39(42)33-23-27-38(28-24-33)55-45-21-11-9-18-40(45)43-31-36(25-29-46(43)55)37-26-30-48-44(32-37)41-19-10-12-22-47(41)56-48;1-2-11-27(12-3-1)43-46-44(34-17-10-16-33-32-15-6-9-20-41(32)51-42(33)34)48-45(47-43)49-37-18-7-4-13-30(37)35-25-28(21-23-38(35)49)29-22-24-40-36(26-29)31-14-5-8-19-39(31)50-40/h1-32H;1-26H. The molecule has 0 aliphatic heterocycles. The minimum atomic E-state index is 0.585. The van der Waals surface area contributed by atoms with Crippen molar-refractivity contribution in [2.45, 2.75) is 0 Å². The van der Waals surface area contributed by atoms with Gasteiger partial charge in [0, 0.05) is 96.8 Å². The first-order valence-corrected chi connectivity index (χ1v) is 36.5. The smallest absolute Gasteiger partial charge is 0.238 e. The number of hydrogen-bond acceptors (Lipinski definition) is 9. The van der Waals surface area contributed by atoms with Crippen molar-refractivity contribution in [3.8, 4) is 102 Å². The van der Waals surface area contributed by atoms with Gasteiger partial charge in [0.2, 0.25) is 5.95 Å². The first-order valence-electron chi connectivity index (χ1n) is 35.7. The summed E-state index contributed by atoms with van der Waals surface area (Å²) in [6.07, 6.45) is 0. The van der Waals surface area contributed by atoms with E-state index in [4.69, 9.17) is 38.7 Å². The van der Waals surface area contributed by atoms with Gasteiger partial charge in [-0.2, -0.15) is 9.97 Å². The van der Waals surface area contributed by atoms with E-state index < -0.39 is 0 Å². The highest BCUT2D eigenvalue weighted by Crippen LogP contribution is 2.44. The van der Waals surface area contributed by atoms with Gasteiger partial charge in [0.15, 0.2) is 29.1 Å². The Hall–Kier alpha value is -14.3. The molecule has 7 aromatic heterocycles. The van der Waals surface area contributed by atoms with E-state index in [2.05, 4.69) is 252 Å². The number of rotatable bonds is 10. The second-order valence-corrected chi connectivity index (χ2v) is 27.9.